The number of benzene rings is 8. The maximum atomic E-state index is 2.52. The van der Waals surface area contributed by atoms with Gasteiger partial charge in [0.25, 0.3) is 0 Å². The molecule has 0 N–H and O–H groups in total. The van der Waals surface area contributed by atoms with Crippen molar-refractivity contribution in [2.75, 3.05) is 4.90 Å². The summed E-state index contributed by atoms with van der Waals surface area (Å²) in [7, 11) is 0. The van der Waals surface area contributed by atoms with E-state index < -0.39 is 0 Å². The molecule has 0 amide bonds. The van der Waals surface area contributed by atoms with Crippen LogP contribution in [0.1, 0.15) is 35.1 Å². The zero-order valence-corrected chi connectivity index (χ0v) is 33.3. The Labute approximate surface area is 335 Å². The first-order valence-corrected chi connectivity index (χ1v) is 21.2. The zero-order valence-electron chi connectivity index (χ0n) is 31.6. The van der Waals surface area contributed by atoms with Gasteiger partial charge >= 0.3 is 0 Å². The molecule has 1 aliphatic rings. The lowest BCUT2D eigenvalue weighted by atomic mass is 9.75. The second kappa shape index (κ2) is 13.1. The van der Waals surface area contributed by atoms with Crippen LogP contribution in [0.15, 0.2) is 164 Å². The number of rotatable bonds is 5. The van der Waals surface area contributed by atoms with E-state index in [0.29, 0.717) is 5.92 Å². The van der Waals surface area contributed by atoms with Gasteiger partial charge in [0.15, 0.2) is 0 Å². The van der Waals surface area contributed by atoms with Gasteiger partial charge in [-0.25, -0.2) is 0 Å². The molecule has 1 unspecified atom stereocenters. The quantitative estimate of drug-likeness (QED) is 0.169. The first-order valence-electron chi connectivity index (χ1n) is 19.5. The Kier molecular flexibility index (Phi) is 7.77. The van der Waals surface area contributed by atoms with E-state index in [9.17, 15) is 0 Å². The summed E-state index contributed by atoms with van der Waals surface area (Å²) in [5.74, 6) is 0.413. The normalized spacial score (nSPS) is 13.7. The lowest BCUT2D eigenvalue weighted by Crippen LogP contribution is -2.17. The van der Waals surface area contributed by atoms with E-state index in [0.717, 1.165) is 12.1 Å². The van der Waals surface area contributed by atoms with Gasteiger partial charge in [0, 0.05) is 57.3 Å². The summed E-state index contributed by atoms with van der Waals surface area (Å²) in [5.41, 5.74) is 16.8. The zero-order chi connectivity index (χ0) is 37.5. The molecule has 1 atom stereocenters. The Bertz CT molecular complexity index is 3160. The van der Waals surface area contributed by atoms with E-state index in [2.05, 4.69) is 189 Å². The molecule has 0 radical (unpaired) electrons. The number of nitrogens with zero attached hydrogens (tertiary/aromatic N) is 1. The minimum absolute atomic E-state index is 0.413. The second-order valence-electron chi connectivity index (χ2n) is 15.5. The van der Waals surface area contributed by atoms with Gasteiger partial charge in [-0.15, -0.1) is 22.7 Å². The van der Waals surface area contributed by atoms with Gasteiger partial charge in [-0.05, 0) is 125 Å². The van der Waals surface area contributed by atoms with Crippen molar-refractivity contribution in [1.82, 2.24) is 0 Å². The maximum absolute atomic E-state index is 2.52. The van der Waals surface area contributed by atoms with Gasteiger partial charge in [-0.2, -0.15) is 0 Å². The number of hydrogen-bond acceptors (Lipinski definition) is 3. The Morgan fingerprint density at radius 2 is 1.14 bits per heavy atom. The summed E-state index contributed by atoms with van der Waals surface area (Å²) in [6, 6.07) is 61.6. The van der Waals surface area contributed by atoms with Crippen molar-refractivity contribution in [2.45, 2.75) is 33.1 Å². The van der Waals surface area contributed by atoms with Gasteiger partial charge in [0.05, 0.1) is 5.69 Å². The molecule has 268 valence electrons. The third-order valence-electron chi connectivity index (χ3n) is 11.9. The van der Waals surface area contributed by atoms with Crippen LogP contribution in [-0.2, 0) is 6.42 Å². The van der Waals surface area contributed by atoms with Gasteiger partial charge < -0.3 is 4.90 Å². The summed E-state index contributed by atoms with van der Waals surface area (Å²) in [5, 5.41) is 5.28. The molecular weight excluding hydrogens is 715 g/mol. The lowest BCUT2D eigenvalue weighted by Gasteiger charge is -2.34. The Morgan fingerprint density at radius 3 is 1.95 bits per heavy atom. The first kappa shape index (κ1) is 33.3. The van der Waals surface area contributed by atoms with Crippen LogP contribution in [0.5, 0.6) is 0 Å². The van der Waals surface area contributed by atoms with E-state index in [1.165, 1.54) is 107 Å². The van der Waals surface area contributed by atoms with Crippen LogP contribution >= 0.6 is 22.7 Å². The van der Waals surface area contributed by atoms with Crippen molar-refractivity contribution in [3.8, 4) is 33.4 Å². The van der Waals surface area contributed by atoms with Crippen LogP contribution in [0.4, 0.5) is 17.1 Å². The number of fused-ring (bicyclic) bond motifs is 9. The van der Waals surface area contributed by atoms with Crippen molar-refractivity contribution < 1.29 is 0 Å². The fourth-order valence-electron chi connectivity index (χ4n) is 9.18. The summed E-state index contributed by atoms with van der Waals surface area (Å²) in [6.07, 6.45) is 0.990. The highest BCUT2D eigenvalue weighted by atomic mass is 32.1. The predicted octanol–water partition coefficient (Wildman–Crippen LogP) is 16.2. The van der Waals surface area contributed by atoms with E-state index >= 15 is 0 Å². The SMILES string of the molecule is Cc1ccc2c(c1)-c1c(N(c3ccc(-c4ccc5c(c4)sc4ccccc45)cc3)c3ccc4sc5ccccc5c4c3)ccc(-c3ccccc3C)c1CC2C. The van der Waals surface area contributed by atoms with Gasteiger partial charge in [0.2, 0.25) is 0 Å². The maximum Gasteiger partial charge on any atom is 0.0543 e. The van der Waals surface area contributed by atoms with Crippen LogP contribution in [-0.4, -0.2) is 0 Å². The molecule has 0 aliphatic heterocycles. The number of anilines is 3. The molecule has 0 bridgehead atoms. The molecule has 0 fully saturated rings. The molecule has 1 aliphatic carbocycles. The molecule has 11 rings (SSSR count). The van der Waals surface area contributed by atoms with Gasteiger partial charge in [0.1, 0.15) is 0 Å². The first-order chi connectivity index (χ1) is 27.5. The molecular formula is C53H39NS2. The predicted molar refractivity (Wildman–Crippen MR) is 245 cm³/mol. The fourth-order valence-corrected chi connectivity index (χ4v) is 11.4. The van der Waals surface area contributed by atoms with Crippen LogP contribution in [0, 0.1) is 13.8 Å². The van der Waals surface area contributed by atoms with Crippen molar-refractivity contribution in [3.63, 3.8) is 0 Å². The highest BCUT2D eigenvalue weighted by Gasteiger charge is 2.30. The van der Waals surface area contributed by atoms with Crippen LogP contribution in [0.3, 0.4) is 0 Å². The van der Waals surface area contributed by atoms with Gasteiger partial charge in [-0.3, -0.25) is 0 Å². The van der Waals surface area contributed by atoms with Crippen LogP contribution in [0.25, 0.3) is 73.7 Å². The molecule has 1 nitrogen and oxygen atoms in total. The molecule has 0 saturated carbocycles. The van der Waals surface area contributed by atoms with E-state index in [1.807, 2.05) is 22.7 Å². The van der Waals surface area contributed by atoms with Gasteiger partial charge in [-0.1, -0.05) is 122 Å². The molecule has 0 saturated heterocycles. The summed E-state index contributed by atoms with van der Waals surface area (Å²) in [4.78, 5) is 2.52. The van der Waals surface area contributed by atoms with Crippen molar-refractivity contribution in [3.05, 3.63) is 186 Å². The minimum Gasteiger partial charge on any atom is -0.310 e. The fraction of sp³-hybridized carbons (Fsp3) is 0.0943. The monoisotopic (exact) mass is 753 g/mol. The molecule has 10 aromatic rings. The van der Waals surface area contributed by atoms with Crippen molar-refractivity contribution in [2.24, 2.45) is 0 Å². The van der Waals surface area contributed by atoms with Crippen molar-refractivity contribution in [1.29, 1.82) is 0 Å². The Hall–Kier alpha value is -6.00. The molecule has 8 aromatic carbocycles. The molecule has 56 heavy (non-hydrogen) atoms. The summed E-state index contributed by atoms with van der Waals surface area (Å²) >= 11 is 3.75. The lowest BCUT2D eigenvalue weighted by molar-refractivity contribution is 0.750. The van der Waals surface area contributed by atoms with Crippen LogP contribution in [0.2, 0.25) is 0 Å². The van der Waals surface area contributed by atoms with Crippen LogP contribution < -0.4 is 4.90 Å². The number of aryl methyl sites for hydroxylation is 2. The topological polar surface area (TPSA) is 3.24 Å². The Morgan fingerprint density at radius 1 is 0.482 bits per heavy atom. The van der Waals surface area contributed by atoms with E-state index in [1.54, 1.807) is 0 Å². The summed E-state index contributed by atoms with van der Waals surface area (Å²) in [6.45, 7) is 6.87. The average Bonchev–Trinajstić information content (AvgIpc) is 3.79. The van der Waals surface area contributed by atoms with E-state index in [-0.39, 0.29) is 0 Å². The largest absolute Gasteiger partial charge is 0.310 e. The molecule has 0 spiro atoms. The summed E-state index contributed by atoms with van der Waals surface area (Å²) < 4.78 is 5.30. The molecule has 2 heterocycles. The average molecular weight is 754 g/mol. The number of thiophene rings is 2. The van der Waals surface area contributed by atoms with Crippen molar-refractivity contribution >= 4 is 80.1 Å². The molecule has 2 aromatic heterocycles. The van der Waals surface area contributed by atoms with E-state index in [4.69, 9.17) is 0 Å². The second-order valence-corrected chi connectivity index (χ2v) is 17.6. The molecule has 3 heteroatoms. The minimum atomic E-state index is 0.413. The highest BCUT2D eigenvalue weighted by Crippen LogP contribution is 2.52. The smallest absolute Gasteiger partial charge is 0.0543 e. The number of hydrogen-bond donors (Lipinski definition) is 0. The Balaban J connectivity index is 1.14. The standard InChI is InChI=1S/C53H39NS2/c1-32-16-23-40-34(3)29-47-41(39-11-5-4-10-33(39)2)25-26-48(53(47)46(40)28-32)54(38-22-27-51-45(31-38)43-13-7-9-15-50(43)55-51)37-20-17-35(18-21-37)36-19-24-44-42-12-6-8-14-49(42)56-52(44)30-36/h4-28,30-31,34H,29H2,1-3H3. The highest BCUT2D eigenvalue weighted by molar-refractivity contribution is 7.26. The third-order valence-corrected chi connectivity index (χ3v) is 14.2. The third kappa shape index (κ3) is 5.33.